The molecule has 0 N–H and O–H groups in total. The van der Waals surface area contributed by atoms with Gasteiger partial charge in [-0.3, -0.25) is 9.59 Å². The number of halogens is 3. The maximum Gasteiger partial charge on any atom is 0.416 e. The van der Waals surface area contributed by atoms with Crippen molar-refractivity contribution in [3.05, 3.63) is 35.4 Å². The maximum atomic E-state index is 14.0. The number of esters is 3. The lowest BCUT2D eigenvalue weighted by Crippen LogP contribution is -2.47. The second-order valence-electron chi connectivity index (χ2n) is 6.63. The number of carbonyl (C=O) groups excluding carboxylic acids is 3. The summed E-state index contributed by atoms with van der Waals surface area (Å²) in [5, 5.41) is 0. The lowest BCUT2D eigenvalue weighted by atomic mass is 9.80. The molecule has 1 aromatic carbocycles. The summed E-state index contributed by atoms with van der Waals surface area (Å²) < 4.78 is 55.6. The van der Waals surface area contributed by atoms with E-state index in [1.54, 1.807) is 6.92 Å². The molecule has 0 saturated carbocycles. The van der Waals surface area contributed by atoms with Crippen molar-refractivity contribution in [2.45, 2.75) is 36.9 Å². The molecule has 6 nitrogen and oxygen atoms in total. The molecule has 1 aliphatic rings. The number of hydrogen-bond donors (Lipinski definition) is 0. The highest BCUT2D eigenvalue weighted by atomic mass is 32.2. The smallest absolute Gasteiger partial charge is 0.416 e. The highest BCUT2D eigenvalue weighted by Gasteiger charge is 2.59. The molecule has 1 aliphatic heterocycles. The molecule has 1 saturated heterocycles. The molecule has 0 aliphatic carbocycles. The quantitative estimate of drug-likeness (QED) is 0.286. The molecule has 11 heteroatoms. The standard InChI is InChI=1S/C21H25F3O6S2/c1-4-28-17(25)15(18(26)29-5-2)16(13-9-7-8-10-14(13)21(22,23)24)20(19(27)30-6-3)31-11-12-32-20/h7-10,15-16H,4-6,11-12H2,1-3H3. The third-order valence-corrected chi connectivity index (χ3v) is 8.18. The van der Waals surface area contributed by atoms with E-state index in [1.807, 2.05) is 0 Å². The van der Waals surface area contributed by atoms with Gasteiger partial charge in [-0.1, -0.05) is 18.2 Å². The summed E-state index contributed by atoms with van der Waals surface area (Å²) in [4.78, 5) is 39.0. The van der Waals surface area contributed by atoms with Crippen LogP contribution in [0.5, 0.6) is 0 Å². The first kappa shape index (κ1) is 26.4. The maximum absolute atomic E-state index is 14.0. The third-order valence-electron chi connectivity index (χ3n) is 4.70. The predicted octanol–water partition coefficient (Wildman–Crippen LogP) is 4.27. The van der Waals surface area contributed by atoms with Gasteiger partial charge in [0.05, 0.1) is 25.4 Å². The molecule has 178 valence electrons. The second-order valence-corrected chi connectivity index (χ2v) is 9.57. The van der Waals surface area contributed by atoms with E-state index in [0.29, 0.717) is 11.5 Å². The van der Waals surface area contributed by atoms with Gasteiger partial charge < -0.3 is 14.2 Å². The van der Waals surface area contributed by atoms with E-state index in [2.05, 4.69) is 0 Å². The Balaban J connectivity index is 2.84. The lowest BCUT2D eigenvalue weighted by Gasteiger charge is -2.38. The zero-order valence-corrected chi connectivity index (χ0v) is 19.5. The fraction of sp³-hybridized carbons (Fsp3) is 0.571. The van der Waals surface area contributed by atoms with Crippen LogP contribution in [0.25, 0.3) is 0 Å². The van der Waals surface area contributed by atoms with Crippen molar-refractivity contribution >= 4 is 41.4 Å². The van der Waals surface area contributed by atoms with Gasteiger partial charge >= 0.3 is 24.1 Å². The first-order chi connectivity index (χ1) is 15.1. The van der Waals surface area contributed by atoms with E-state index in [9.17, 15) is 27.6 Å². The van der Waals surface area contributed by atoms with Crippen LogP contribution in [0, 0.1) is 5.92 Å². The largest absolute Gasteiger partial charge is 0.465 e. The summed E-state index contributed by atoms with van der Waals surface area (Å²) in [6, 6.07) is 4.62. The van der Waals surface area contributed by atoms with Gasteiger partial charge in [0.2, 0.25) is 0 Å². The second kappa shape index (κ2) is 11.3. The molecule has 1 heterocycles. The van der Waals surface area contributed by atoms with Gasteiger partial charge in [0.1, 0.15) is 0 Å². The normalized spacial score (nSPS) is 16.5. The highest BCUT2D eigenvalue weighted by molar-refractivity contribution is 8.22. The van der Waals surface area contributed by atoms with Crippen LogP contribution in [0.15, 0.2) is 24.3 Å². The molecule has 1 unspecified atom stereocenters. The summed E-state index contributed by atoms with van der Waals surface area (Å²) >= 11 is 2.13. The minimum Gasteiger partial charge on any atom is -0.465 e. The predicted molar refractivity (Wildman–Crippen MR) is 115 cm³/mol. The number of thioether (sulfide) groups is 2. The van der Waals surface area contributed by atoms with Crippen molar-refractivity contribution in [1.82, 2.24) is 0 Å². The molecule has 0 aromatic heterocycles. The summed E-state index contributed by atoms with van der Waals surface area (Å²) in [6.07, 6.45) is -4.79. The minimum atomic E-state index is -4.79. The summed E-state index contributed by atoms with van der Waals surface area (Å²) in [5.74, 6) is -5.38. The number of carbonyl (C=O) groups is 3. The molecule has 0 radical (unpaired) electrons. The number of alkyl halides is 3. The van der Waals surface area contributed by atoms with E-state index in [0.717, 1.165) is 29.6 Å². The van der Waals surface area contributed by atoms with Gasteiger partial charge in [-0.05, 0) is 32.4 Å². The van der Waals surface area contributed by atoms with Crippen LogP contribution in [0.3, 0.4) is 0 Å². The van der Waals surface area contributed by atoms with Gasteiger partial charge in [0.15, 0.2) is 10.00 Å². The van der Waals surface area contributed by atoms with Crippen LogP contribution in [0.1, 0.15) is 37.8 Å². The Bertz CT molecular complexity index is 806. The van der Waals surface area contributed by atoms with Gasteiger partial charge in [0, 0.05) is 17.4 Å². The average molecular weight is 495 g/mol. The topological polar surface area (TPSA) is 78.9 Å². The van der Waals surface area contributed by atoms with Crippen LogP contribution in [-0.2, 0) is 34.8 Å². The Morgan fingerprint density at radius 2 is 1.44 bits per heavy atom. The van der Waals surface area contributed by atoms with Crippen molar-refractivity contribution in [2.75, 3.05) is 31.3 Å². The monoisotopic (exact) mass is 494 g/mol. The Morgan fingerprint density at radius 3 is 1.91 bits per heavy atom. The van der Waals surface area contributed by atoms with Crippen molar-refractivity contribution in [3.63, 3.8) is 0 Å². The van der Waals surface area contributed by atoms with E-state index in [-0.39, 0.29) is 25.4 Å². The van der Waals surface area contributed by atoms with Gasteiger partial charge in [-0.15, -0.1) is 23.5 Å². The van der Waals surface area contributed by atoms with Crippen LogP contribution in [0.4, 0.5) is 13.2 Å². The van der Waals surface area contributed by atoms with Crippen molar-refractivity contribution in [2.24, 2.45) is 5.92 Å². The molecule has 0 spiro atoms. The minimum absolute atomic E-state index is 0.0151. The van der Waals surface area contributed by atoms with Crippen LogP contribution >= 0.6 is 23.5 Å². The average Bonchev–Trinajstić information content (AvgIpc) is 3.22. The Labute approximate surface area is 192 Å². The molecular formula is C21H25F3O6S2. The summed E-state index contributed by atoms with van der Waals surface area (Å²) in [6.45, 7) is 4.38. The van der Waals surface area contributed by atoms with Gasteiger partial charge in [-0.2, -0.15) is 13.2 Å². The van der Waals surface area contributed by atoms with Crippen molar-refractivity contribution in [3.8, 4) is 0 Å². The van der Waals surface area contributed by atoms with Gasteiger partial charge in [-0.25, -0.2) is 4.79 Å². The molecule has 0 amide bonds. The molecule has 32 heavy (non-hydrogen) atoms. The number of ether oxygens (including phenoxy) is 3. The van der Waals surface area contributed by atoms with E-state index in [4.69, 9.17) is 14.2 Å². The number of rotatable bonds is 9. The molecule has 1 aromatic rings. The van der Waals surface area contributed by atoms with Gasteiger partial charge in [0.25, 0.3) is 0 Å². The summed E-state index contributed by atoms with van der Waals surface area (Å²) in [5.41, 5.74) is -1.40. The lowest BCUT2D eigenvalue weighted by molar-refractivity contribution is -0.164. The zero-order chi connectivity index (χ0) is 23.9. The fourth-order valence-electron chi connectivity index (χ4n) is 3.55. The fourth-order valence-corrected chi connectivity index (χ4v) is 6.89. The molecule has 2 rings (SSSR count). The molecular weight excluding hydrogens is 469 g/mol. The van der Waals surface area contributed by atoms with Crippen molar-refractivity contribution < 1.29 is 41.8 Å². The number of benzene rings is 1. The Morgan fingerprint density at radius 1 is 0.938 bits per heavy atom. The Hall–Kier alpha value is -1.88. The van der Waals surface area contributed by atoms with Crippen LogP contribution in [-0.4, -0.2) is 53.3 Å². The van der Waals surface area contributed by atoms with Crippen molar-refractivity contribution in [1.29, 1.82) is 0 Å². The first-order valence-electron chi connectivity index (χ1n) is 10.1. The third kappa shape index (κ3) is 5.54. The molecule has 1 atom stereocenters. The zero-order valence-electron chi connectivity index (χ0n) is 17.9. The van der Waals surface area contributed by atoms with E-state index >= 15 is 0 Å². The number of hydrogen-bond acceptors (Lipinski definition) is 8. The molecule has 0 bridgehead atoms. The Kier molecular flexibility index (Phi) is 9.32. The van der Waals surface area contributed by atoms with Crippen LogP contribution < -0.4 is 0 Å². The molecule has 1 fully saturated rings. The SMILES string of the molecule is CCOC(=O)C(C(=O)OCC)C(c1ccccc1C(F)(F)F)C1(C(=O)OCC)SCCS1. The highest BCUT2D eigenvalue weighted by Crippen LogP contribution is 2.58. The van der Waals surface area contributed by atoms with E-state index < -0.39 is 45.6 Å². The van der Waals surface area contributed by atoms with E-state index in [1.165, 1.54) is 32.0 Å². The summed E-state index contributed by atoms with van der Waals surface area (Å²) in [7, 11) is 0. The first-order valence-corrected chi connectivity index (χ1v) is 12.1. The van der Waals surface area contributed by atoms with Crippen LogP contribution in [0.2, 0.25) is 0 Å².